The highest BCUT2D eigenvalue weighted by atomic mass is 16.5. The lowest BCUT2D eigenvalue weighted by molar-refractivity contribution is -0.138. The minimum atomic E-state index is -1.18. The van der Waals surface area contributed by atoms with Gasteiger partial charge in [0.05, 0.1) is 7.11 Å². The number of methoxy groups -OCH3 is 1. The van der Waals surface area contributed by atoms with Crippen molar-refractivity contribution in [1.82, 2.24) is 5.32 Å². The third-order valence-electron chi connectivity index (χ3n) is 4.69. The van der Waals surface area contributed by atoms with Gasteiger partial charge < -0.3 is 15.4 Å². The number of ether oxygens (including phenoxy) is 1. The van der Waals surface area contributed by atoms with Gasteiger partial charge in [0.1, 0.15) is 11.2 Å². The number of nitrogens with one attached hydrogen (secondary N) is 2. The van der Waals surface area contributed by atoms with Gasteiger partial charge in [-0.2, -0.15) is 0 Å². The Hall–Kier alpha value is -2.82. The topological polar surface area (TPSA) is 67.4 Å². The summed E-state index contributed by atoms with van der Waals surface area (Å²) in [4.78, 5) is 25.3. The van der Waals surface area contributed by atoms with E-state index in [1.54, 1.807) is 21.0 Å². The lowest BCUT2D eigenvalue weighted by atomic mass is 9.90. The molecule has 2 aromatic rings. The zero-order valence-electron chi connectivity index (χ0n) is 16.7. The van der Waals surface area contributed by atoms with Crippen LogP contribution >= 0.6 is 0 Å². The summed E-state index contributed by atoms with van der Waals surface area (Å²) in [7, 11) is 1.62. The number of aryl methyl sites for hydroxylation is 2. The van der Waals surface area contributed by atoms with Crippen molar-refractivity contribution in [1.29, 1.82) is 0 Å². The highest BCUT2D eigenvalue weighted by molar-refractivity contribution is 6.10. The van der Waals surface area contributed by atoms with Gasteiger partial charge in [-0.3, -0.25) is 9.59 Å². The van der Waals surface area contributed by atoms with Crippen molar-refractivity contribution in [3.05, 3.63) is 59.2 Å². The minimum absolute atomic E-state index is 0.297. The van der Waals surface area contributed by atoms with Gasteiger partial charge in [-0.1, -0.05) is 30.3 Å². The summed E-state index contributed by atoms with van der Waals surface area (Å²) in [6.45, 7) is 7.59. The number of carbonyl (C=O) groups is 2. The Balaban J connectivity index is 1.96. The second-order valence-corrected chi connectivity index (χ2v) is 7.20. The molecule has 0 aromatic heterocycles. The van der Waals surface area contributed by atoms with Crippen LogP contribution in [0.1, 0.15) is 30.5 Å². The fourth-order valence-electron chi connectivity index (χ4n) is 2.75. The molecule has 144 valence electrons. The van der Waals surface area contributed by atoms with Gasteiger partial charge in [0.2, 0.25) is 11.8 Å². The van der Waals surface area contributed by atoms with E-state index in [1.807, 2.05) is 56.3 Å². The van der Waals surface area contributed by atoms with E-state index >= 15 is 0 Å². The summed E-state index contributed by atoms with van der Waals surface area (Å²) in [6.07, 6.45) is 0.664. The van der Waals surface area contributed by atoms with Gasteiger partial charge in [0.15, 0.2) is 0 Å². The summed E-state index contributed by atoms with van der Waals surface area (Å²) in [6, 6.07) is 13.5. The van der Waals surface area contributed by atoms with Gasteiger partial charge in [-0.25, -0.2) is 0 Å². The maximum atomic E-state index is 12.7. The van der Waals surface area contributed by atoms with Gasteiger partial charge in [0, 0.05) is 12.2 Å². The fraction of sp³-hybridized carbons (Fsp3) is 0.364. The largest absolute Gasteiger partial charge is 0.497 e. The van der Waals surface area contributed by atoms with Crippen LogP contribution in [-0.4, -0.2) is 25.5 Å². The molecule has 5 nitrogen and oxygen atoms in total. The van der Waals surface area contributed by atoms with E-state index in [-0.39, 0.29) is 11.8 Å². The van der Waals surface area contributed by atoms with E-state index in [9.17, 15) is 9.59 Å². The van der Waals surface area contributed by atoms with Crippen molar-refractivity contribution in [2.45, 2.75) is 34.1 Å². The minimum Gasteiger partial charge on any atom is -0.497 e. The zero-order valence-corrected chi connectivity index (χ0v) is 16.7. The molecule has 0 fully saturated rings. The van der Waals surface area contributed by atoms with Crippen LogP contribution in [-0.2, 0) is 16.0 Å². The Kier molecular flexibility index (Phi) is 6.61. The van der Waals surface area contributed by atoms with Crippen LogP contribution in [0.25, 0.3) is 0 Å². The molecule has 2 amide bonds. The number of para-hydroxylation sites is 1. The molecule has 0 bridgehead atoms. The molecule has 2 rings (SSSR count). The third-order valence-corrected chi connectivity index (χ3v) is 4.69. The molecule has 0 unspecified atom stereocenters. The molecule has 27 heavy (non-hydrogen) atoms. The second-order valence-electron chi connectivity index (χ2n) is 7.20. The van der Waals surface area contributed by atoms with E-state index in [4.69, 9.17) is 4.74 Å². The Labute approximate surface area is 161 Å². The molecule has 0 saturated heterocycles. The number of carbonyl (C=O) groups excluding carboxylic acids is 2. The maximum Gasteiger partial charge on any atom is 0.239 e. The van der Waals surface area contributed by atoms with Crippen LogP contribution < -0.4 is 15.4 Å². The first-order valence-electron chi connectivity index (χ1n) is 9.04. The third kappa shape index (κ3) is 5.09. The predicted octanol–water partition coefficient (Wildman–Crippen LogP) is 3.64. The molecule has 0 aliphatic heterocycles. The average Bonchev–Trinajstić information content (AvgIpc) is 2.64. The summed E-state index contributed by atoms with van der Waals surface area (Å²) in [5.74, 6) is 0.167. The molecule has 0 saturated carbocycles. The monoisotopic (exact) mass is 368 g/mol. The van der Waals surface area contributed by atoms with Crippen molar-refractivity contribution < 1.29 is 14.3 Å². The van der Waals surface area contributed by atoms with Crippen LogP contribution in [0.4, 0.5) is 5.69 Å². The first-order valence-corrected chi connectivity index (χ1v) is 9.04. The average molecular weight is 368 g/mol. The van der Waals surface area contributed by atoms with Gasteiger partial charge >= 0.3 is 0 Å². The molecule has 0 heterocycles. The highest BCUT2D eigenvalue weighted by Gasteiger charge is 2.36. The van der Waals surface area contributed by atoms with Gasteiger partial charge in [-0.05, 0) is 62.9 Å². The SMILES string of the molecule is COc1cccc(CCNC(=O)C(C)(C)C(=O)Nc2c(C)cccc2C)c1. The van der Waals surface area contributed by atoms with Crippen LogP contribution in [0.2, 0.25) is 0 Å². The number of benzene rings is 2. The van der Waals surface area contributed by atoms with E-state index in [0.717, 1.165) is 28.1 Å². The number of hydrogen-bond acceptors (Lipinski definition) is 3. The van der Waals surface area contributed by atoms with Crippen molar-refractivity contribution in [3.8, 4) is 5.75 Å². The molecular formula is C22H28N2O3. The lowest BCUT2D eigenvalue weighted by Gasteiger charge is -2.24. The van der Waals surface area contributed by atoms with Crippen molar-refractivity contribution in [3.63, 3.8) is 0 Å². The molecule has 2 N–H and O–H groups in total. The van der Waals surface area contributed by atoms with Gasteiger partial charge in [-0.15, -0.1) is 0 Å². The van der Waals surface area contributed by atoms with Crippen LogP contribution in [0.15, 0.2) is 42.5 Å². The normalized spacial score (nSPS) is 11.0. The van der Waals surface area contributed by atoms with E-state index in [2.05, 4.69) is 10.6 Å². The van der Waals surface area contributed by atoms with Crippen LogP contribution in [0.3, 0.4) is 0 Å². The smallest absolute Gasteiger partial charge is 0.239 e. The number of rotatable bonds is 7. The predicted molar refractivity (Wildman–Crippen MR) is 108 cm³/mol. The van der Waals surface area contributed by atoms with E-state index in [0.29, 0.717) is 13.0 Å². The molecule has 0 aliphatic carbocycles. The fourth-order valence-corrected chi connectivity index (χ4v) is 2.75. The standard InChI is InChI=1S/C22H28N2O3/c1-15-8-6-9-16(2)19(15)24-21(26)22(3,4)20(25)23-13-12-17-10-7-11-18(14-17)27-5/h6-11,14H,12-13H2,1-5H3,(H,23,25)(H,24,26). The van der Waals surface area contributed by atoms with Crippen molar-refractivity contribution in [2.24, 2.45) is 5.41 Å². The Morgan fingerprint density at radius 3 is 2.26 bits per heavy atom. The van der Waals surface area contributed by atoms with Crippen LogP contribution in [0.5, 0.6) is 5.75 Å². The van der Waals surface area contributed by atoms with Crippen molar-refractivity contribution >= 4 is 17.5 Å². The maximum absolute atomic E-state index is 12.7. The highest BCUT2D eigenvalue weighted by Crippen LogP contribution is 2.24. The Morgan fingerprint density at radius 1 is 1.00 bits per heavy atom. The molecule has 0 atom stereocenters. The Morgan fingerprint density at radius 2 is 1.63 bits per heavy atom. The molecule has 2 aromatic carbocycles. The zero-order chi connectivity index (χ0) is 20.0. The van der Waals surface area contributed by atoms with E-state index < -0.39 is 5.41 Å². The second kappa shape index (κ2) is 8.71. The van der Waals surface area contributed by atoms with Crippen LogP contribution in [0, 0.1) is 19.3 Å². The summed E-state index contributed by atoms with van der Waals surface area (Å²) >= 11 is 0. The molecule has 5 heteroatoms. The van der Waals surface area contributed by atoms with E-state index in [1.165, 1.54) is 0 Å². The van der Waals surface area contributed by atoms with Gasteiger partial charge in [0.25, 0.3) is 0 Å². The quantitative estimate of drug-likeness (QED) is 0.733. The molecular weight excluding hydrogens is 340 g/mol. The molecule has 0 radical (unpaired) electrons. The summed E-state index contributed by atoms with van der Waals surface area (Å²) in [5, 5.41) is 5.77. The molecule has 0 aliphatic rings. The summed E-state index contributed by atoms with van der Waals surface area (Å²) in [5.41, 5.74) is 2.59. The summed E-state index contributed by atoms with van der Waals surface area (Å²) < 4.78 is 5.20. The molecule has 0 spiro atoms. The number of amides is 2. The first-order chi connectivity index (χ1) is 12.8. The lowest BCUT2D eigenvalue weighted by Crippen LogP contribution is -2.45. The first kappa shape index (κ1) is 20.5. The number of anilines is 1. The Bertz CT molecular complexity index is 808. The number of hydrogen-bond donors (Lipinski definition) is 2. The van der Waals surface area contributed by atoms with Crippen molar-refractivity contribution in [2.75, 3.05) is 19.0 Å².